The molecule has 0 atom stereocenters. The minimum atomic E-state index is -0.311. The van der Waals surface area contributed by atoms with Gasteiger partial charge in [-0.3, -0.25) is 14.5 Å². The largest absolute Gasteiger partial charge is 0.488 e. The number of hydrogen-bond donors (Lipinski definition) is 0. The van der Waals surface area contributed by atoms with Gasteiger partial charge in [-0.2, -0.15) is 0 Å². The van der Waals surface area contributed by atoms with Gasteiger partial charge in [0.25, 0.3) is 11.1 Å². The summed E-state index contributed by atoms with van der Waals surface area (Å²) < 4.78 is 6.10. The molecule has 0 aliphatic carbocycles. The molecule has 1 heterocycles. The van der Waals surface area contributed by atoms with E-state index in [0.29, 0.717) is 22.3 Å². The number of thioether (sulfide) groups is 1. The van der Waals surface area contributed by atoms with Crippen molar-refractivity contribution in [3.8, 4) is 5.75 Å². The number of fused-ring (bicyclic) bond motifs is 1. The summed E-state index contributed by atoms with van der Waals surface area (Å²) in [6.45, 7) is 0.604. The smallest absolute Gasteiger partial charge is 0.293 e. The van der Waals surface area contributed by atoms with Gasteiger partial charge in [0.05, 0.1) is 11.4 Å². The Morgan fingerprint density at radius 3 is 2.35 bits per heavy atom. The Hall–Kier alpha value is -3.54. The van der Waals surface area contributed by atoms with Gasteiger partial charge in [0.2, 0.25) is 0 Å². The zero-order valence-corrected chi connectivity index (χ0v) is 19.7. The molecule has 0 N–H and O–H groups in total. The molecule has 1 aliphatic rings. The maximum absolute atomic E-state index is 13.0. The molecule has 0 saturated carbocycles. The maximum atomic E-state index is 13.0. The van der Waals surface area contributed by atoms with Crippen molar-refractivity contribution in [2.75, 3.05) is 0 Å². The highest BCUT2D eigenvalue weighted by molar-refractivity contribution is 8.18. The fourth-order valence-corrected chi connectivity index (χ4v) is 4.73. The SMILES string of the molecule is O=C1S/C(=C\c2ccccc2OCc2ccc3ccccc3c2)C(=O)N1Cc1ccc(Cl)cc1. The first-order valence-corrected chi connectivity index (χ1v) is 12.0. The summed E-state index contributed by atoms with van der Waals surface area (Å²) in [4.78, 5) is 27.1. The predicted molar refractivity (Wildman–Crippen MR) is 138 cm³/mol. The quantitative estimate of drug-likeness (QED) is 0.269. The molecular weight excluding hydrogens is 466 g/mol. The monoisotopic (exact) mass is 485 g/mol. The van der Waals surface area contributed by atoms with E-state index in [4.69, 9.17) is 16.3 Å². The van der Waals surface area contributed by atoms with Crippen LogP contribution in [0.4, 0.5) is 4.79 Å². The van der Waals surface area contributed by atoms with Crippen molar-refractivity contribution in [3.63, 3.8) is 0 Å². The Kier molecular flexibility index (Phi) is 6.39. The molecule has 5 rings (SSSR count). The lowest BCUT2D eigenvalue weighted by atomic mass is 10.1. The molecule has 1 fully saturated rings. The van der Waals surface area contributed by atoms with Crippen LogP contribution in [0, 0.1) is 0 Å². The van der Waals surface area contributed by atoms with Gasteiger partial charge in [0, 0.05) is 10.6 Å². The molecular formula is C28H20ClNO3S. The molecule has 1 saturated heterocycles. The molecule has 6 heteroatoms. The lowest BCUT2D eigenvalue weighted by Crippen LogP contribution is -2.27. The number of amides is 2. The molecule has 4 aromatic carbocycles. The van der Waals surface area contributed by atoms with Crippen molar-refractivity contribution in [1.82, 2.24) is 4.90 Å². The fourth-order valence-electron chi connectivity index (χ4n) is 3.77. The van der Waals surface area contributed by atoms with E-state index in [9.17, 15) is 9.59 Å². The standard InChI is InChI=1S/C28H20ClNO3S/c29-24-13-10-19(11-14-24)17-30-27(31)26(34-28(30)32)16-23-7-3-4-8-25(23)33-18-20-9-12-21-5-1-2-6-22(21)15-20/h1-16H,17-18H2/b26-16-. The average molecular weight is 486 g/mol. The summed E-state index contributed by atoms with van der Waals surface area (Å²) in [5.74, 6) is 0.342. The first-order chi connectivity index (χ1) is 16.6. The molecule has 4 aromatic rings. The van der Waals surface area contributed by atoms with E-state index in [2.05, 4.69) is 24.3 Å². The number of halogens is 1. The van der Waals surface area contributed by atoms with E-state index in [1.54, 1.807) is 18.2 Å². The van der Waals surface area contributed by atoms with Gasteiger partial charge in [0.15, 0.2) is 0 Å². The van der Waals surface area contributed by atoms with Crippen LogP contribution in [0.5, 0.6) is 5.75 Å². The van der Waals surface area contributed by atoms with Crippen LogP contribution in [0.3, 0.4) is 0 Å². The maximum Gasteiger partial charge on any atom is 0.293 e. The van der Waals surface area contributed by atoms with Crippen LogP contribution in [0.25, 0.3) is 16.8 Å². The third-order valence-electron chi connectivity index (χ3n) is 5.54. The highest BCUT2D eigenvalue weighted by atomic mass is 35.5. The minimum absolute atomic E-state index is 0.208. The number of hydrogen-bond acceptors (Lipinski definition) is 4. The Labute approximate surface area is 206 Å². The second-order valence-electron chi connectivity index (χ2n) is 7.90. The van der Waals surface area contributed by atoms with Crippen LogP contribution in [0.2, 0.25) is 5.02 Å². The van der Waals surface area contributed by atoms with Gasteiger partial charge < -0.3 is 4.74 Å². The van der Waals surface area contributed by atoms with E-state index in [-0.39, 0.29) is 17.7 Å². The fraction of sp³-hybridized carbons (Fsp3) is 0.0714. The summed E-state index contributed by atoms with van der Waals surface area (Å²) in [6, 6.07) is 29.1. The van der Waals surface area contributed by atoms with Gasteiger partial charge in [0.1, 0.15) is 12.4 Å². The number of imide groups is 1. The number of carbonyl (C=O) groups excluding carboxylic acids is 2. The molecule has 34 heavy (non-hydrogen) atoms. The van der Waals surface area contributed by atoms with Gasteiger partial charge in [-0.15, -0.1) is 0 Å². The number of para-hydroxylation sites is 1. The summed E-state index contributed by atoms with van der Waals surface area (Å²) in [5, 5.41) is 2.66. The third-order valence-corrected chi connectivity index (χ3v) is 6.70. The molecule has 0 spiro atoms. The van der Waals surface area contributed by atoms with Gasteiger partial charge in [-0.05, 0) is 64.0 Å². The number of ether oxygens (including phenoxy) is 1. The number of nitrogens with zero attached hydrogens (tertiary/aromatic N) is 1. The second-order valence-corrected chi connectivity index (χ2v) is 9.33. The Morgan fingerprint density at radius 1 is 0.824 bits per heavy atom. The van der Waals surface area contributed by atoms with Gasteiger partial charge in [-0.1, -0.05) is 78.3 Å². The van der Waals surface area contributed by atoms with E-state index in [1.165, 1.54) is 10.3 Å². The number of carbonyl (C=O) groups is 2. The van der Waals surface area contributed by atoms with Crippen molar-refractivity contribution in [2.45, 2.75) is 13.2 Å². The van der Waals surface area contributed by atoms with Crippen LogP contribution in [0.15, 0.2) is 95.9 Å². The average Bonchev–Trinajstić information content (AvgIpc) is 3.12. The van der Waals surface area contributed by atoms with Crippen LogP contribution >= 0.6 is 23.4 Å². The predicted octanol–water partition coefficient (Wildman–Crippen LogP) is 7.31. The molecule has 1 aliphatic heterocycles. The van der Waals surface area contributed by atoms with E-state index in [1.807, 2.05) is 54.6 Å². The molecule has 0 unspecified atom stereocenters. The molecule has 0 bridgehead atoms. The van der Waals surface area contributed by atoms with E-state index < -0.39 is 0 Å². The van der Waals surface area contributed by atoms with E-state index >= 15 is 0 Å². The van der Waals surface area contributed by atoms with Crippen molar-refractivity contribution in [3.05, 3.63) is 118 Å². The summed E-state index contributed by atoms with van der Waals surface area (Å²) in [7, 11) is 0. The van der Waals surface area contributed by atoms with Crippen molar-refractivity contribution in [2.24, 2.45) is 0 Å². The zero-order valence-electron chi connectivity index (χ0n) is 18.1. The Morgan fingerprint density at radius 2 is 1.53 bits per heavy atom. The van der Waals surface area contributed by atoms with Crippen LogP contribution in [-0.4, -0.2) is 16.0 Å². The number of benzene rings is 4. The van der Waals surface area contributed by atoms with Gasteiger partial charge >= 0.3 is 0 Å². The highest BCUT2D eigenvalue weighted by Gasteiger charge is 2.35. The van der Waals surface area contributed by atoms with Crippen LogP contribution in [0.1, 0.15) is 16.7 Å². The third kappa shape index (κ3) is 4.86. The topological polar surface area (TPSA) is 46.6 Å². The van der Waals surface area contributed by atoms with Crippen LogP contribution in [-0.2, 0) is 17.9 Å². The summed E-state index contributed by atoms with van der Waals surface area (Å²) in [5.41, 5.74) is 2.64. The highest BCUT2D eigenvalue weighted by Crippen LogP contribution is 2.35. The molecule has 0 aromatic heterocycles. The molecule has 2 amide bonds. The first-order valence-electron chi connectivity index (χ1n) is 10.8. The van der Waals surface area contributed by atoms with Crippen molar-refractivity contribution < 1.29 is 14.3 Å². The van der Waals surface area contributed by atoms with E-state index in [0.717, 1.165) is 33.8 Å². The Bertz CT molecular complexity index is 1410. The van der Waals surface area contributed by atoms with Crippen molar-refractivity contribution in [1.29, 1.82) is 0 Å². The van der Waals surface area contributed by atoms with Gasteiger partial charge in [-0.25, -0.2) is 0 Å². The molecule has 168 valence electrons. The zero-order chi connectivity index (χ0) is 23.5. The Balaban J connectivity index is 1.33. The summed E-state index contributed by atoms with van der Waals surface area (Å²) >= 11 is 6.87. The lowest BCUT2D eigenvalue weighted by molar-refractivity contribution is -0.123. The first kappa shape index (κ1) is 22.3. The van der Waals surface area contributed by atoms with Crippen molar-refractivity contribution >= 4 is 51.4 Å². The minimum Gasteiger partial charge on any atom is -0.488 e. The molecule has 4 nitrogen and oxygen atoms in total. The normalized spacial score (nSPS) is 14.9. The molecule has 0 radical (unpaired) electrons. The van der Waals surface area contributed by atoms with Crippen LogP contribution < -0.4 is 4.74 Å². The second kappa shape index (κ2) is 9.75. The number of rotatable bonds is 6. The lowest BCUT2D eigenvalue weighted by Gasteiger charge is -2.12. The summed E-state index contributed by atoms with van der Waals surface area (Å²) in [6.07, 6.45) is 1.72.